The third kappa shape index (κ3) is 2.68. The zero-order valence-electron chi connectivity index (χ0n) is 13.2. The summed E-state index contributed by atoms with van der Waals surface area (Å²) in [5.74, 6) is -0.0547. The molecule has 1 aliphatic heterocycles. The Morgan fingerprint density at radius 3 is 2.73 bits per heavy atom. The van der Waals surface area contributed by atoms with E-state index >= 15 is 0 Å². The molecule has 0 N–H and O–H groups in total. The summed E-state index contributed by atoms with van der Waals surface area (Å²) in [6, 6.07) is 7.58. The molecule has 2 aromatic rings. The molecule has 0 spiro atoms. The highest BCUT2D eigenvalue weighted by Crippen LogP contribution is 2.31. The van der Waals surface area contributed by atoms with Crippen molar-refractivity contribution in [1.82, 2.24) is 14.9 Å². The number of carbonyl (C=O) groups excluding carboxylic acids is 1. The van der Waals surface area contributed by atoms with Gasteiger partial charge in [-0.05, 0) is 18.6 Å². The van der Waals surface area contributed by atoms with Crippen molar-refractivity contribution < 1.29 is 9.53 Å². The maximum absolute atomic E-state index is 12.7. The molecule has 1 amide bonds. The number of para-hydroxylation sites is 2. The largest absolute Gasteiger partial charge is 0.381 e. The van der Waals surface area contributed by atoms with Gasteiger partial charge in [-0.3, -0.25) is 9.78 Å². The molecular weight excluding hydrogens is 278 g/mol. The summed E-state index contributed by atoms with van der Waals surface area (Å²) in [6.07, 6.45) is 2.59. The molecule has 1 fully saturated rings. The number of carbonyl (C=O) groups is 1. The van der Waals surface area contributed by atoms with Gasteiger partial charge >= 0.3 is 0 Å². The van der Waals surface area contributed by atoms with Crippen molar-refractivity contribution in [3.63, 3.8) is 0 Å². The van der Waals surface area contributed by atoms with Crippen LogP contribution in [0.1, 0.15) is 30.8 Å². The summed E-state index contributed by atoms with van der Waals surface area (Å²) in [7, 11) is 1.73. The molecule has 22 heavy (non-hydrogen) atoms. The summed E-state index contributed by atoms with van der Waals surface area (Å²) in [5.41, 5.74) is 1.90. The van der Waals surface area contributed by atoms with Crippen LogP contribution in [-0.4, -0.2) is 47.1 Å². The number of rotatable bonds is 2. The molecular formula is C17H21N3O2. The van der Waals surface area contributed by atoms with Gasteiger partial charge in [-0.1, -0.05) is 26.0 Å². The first-order valence-corrected chi connectivity index (χ1v) is 7.55. The molecule has 0 radical (unpaired) electrons. The third-order valence-corrected chi connectivity index (χ3v) is 4.37. The van der Waals surface area contributed by atoms with Crippen LogP contribution >= 0.6 is 0 Å². The maximum Gasteiger partial charge on any atom is 0.274 e. The van der Waals surface area contributed by atoms with E-state index in [4.69, 9.17) is 4.74 Å². The van der Waals surface area contributed by atoms with Crippen LogP contribution < -0.4 is 0 Å². The van der Waals surface area contributed by atoms with E-state index in [1.807, 2.05) is 29.2 Å². The molecule has 0 aliphatic carbocycles. The lowest BCUT2D eigenvalue weighted by Gasteiger charge is -2.43. The maximum atomic E-state index is 12.7. The SMILES string of the molecule is COC1CCN(C(=O)c2cnc3ccccc3n2)CC1(C)C. The molecule has 1 saturated heterocycles. The van der Waals surface area contributed by atoms with Gasteiger partial charge in [-0.2, -0.15) is 0 Å². The Morgan fingerprint density at radius 2 is 2.05 bits per heavy atom. The van der Waals surface area contributed by atoms with Crippen LogP contribution in [0.4, 0.5) is 0 Å². The molecule has 1 aliphatic rings. The van der Waals surface area contributed by atoms with Crippen molar-refractivity contribution >= 4 is 16.9 Å². The Kier molecular flexibility index (Phi) is 3.83. The predicted molar refractivity (Wildman–Crippen MR) is 84.6 cm³/mol. The summed E-state index contributed by atoms with van der Waals surface area (Å²) in [5, 5.41) is 0. The molecule has 3 rings (SSSR count). The summed E-state index contributed by atoms with van der Waals surface area (Å²) < 4.78 is 5.53. The van der Waals surface area contributed by atoms with E-state index < -0.39 is 0 Å². The van der Waals surface area contributed by atoms with Crippen LogP contribution in [0, 0.1) is 5.41 Å². The lowest BCUT2D eigenvalue weighted by atomic mass is 9.81. The van der Waals surface area contributed by atoms with E-state index in [1.165, 1.54) is 0 Å². The summed E-state index contributed by atoms with van der Waals surface area (Å²) >= 11 is 0. The fourth-order valence-corrected chi connectivity index (χ4v) is 3.17. The predicted octanol–water partition coefficient (Wildman–Crippen LogP) is 2.52. The number of piperidine rings is 1. The molecule has 5 heteroatoms. The minimum atomic E-state index is -0.0626. The van der Waals surface area contributed by atoms with E-state index in [0.717, 1.165) is 17.5 Å². The molecule has 1 atom stereocenters. The average molecular weight is 299 g/mol. The van der Waals surface area contributed by atoms with Crippen LogP contribution in [0.2, 0.25) is 0 Å². The van der Waals surface area contributed by atoms with Gasteiger partial charge in [0.25, 0.3) is 5.91 Å². The molecule has 2 heterocycles. The van der Waals surface area contributed by atoms with Crippen LogP contribution in [0.25, 0.3) is 11.0 Å². The molecule has 116 valence electrons. The fourth-order valence-electron chi connectivity index (χ4n) is 3.17. The van der Waals surface area contributed by atoms with E-state index in [-0.39, 0.29) is 17.4 Å². The van der Waals surface area contributed by atoms with Crippen molar-refractivity contribution in [1.29, 1.82) is 0 Å². The number of ether oxygens (including phenoxy) is 1. The van der Waals surface area contributed by atoms with Gasteiger partial charge in [0.15, 0.2) is 0 Å². The lowest BCUT2D eigenvalue weighted by Crippen LogP contribution is -2.51. The molecule has 0 bridgehead atoms. The van der Waals surface area contributed by atoms with Crippen LogP contribution in [0.15, 0.2) is 30.5 Å². The zero-order chi connectivity index (χ0) is 15.7. The number of amides is 1. The van der Waals surface area contributed by atoms with Crippen molar-refractivity contribution in [2.75, 3.05) is 20.2 Å². The standard InChI is InChI=1S/C17H21N3O2/c1-17(2)11-20(9-8-15(17)22-3)16(21)14-10-18-12-6-4-5-7-13(12)19-14/h4-7,10,15H,8-9,11H2,1-3H3. The Morgan fingerprint density at radius 1 is 1.32 bits per heavy atom. The van der Waals surface area contributed by atoms with Crippen molar-refractivity contribution in [2.45, 2.75) is 26.4 Å². The van der Waals surface area contributed by atoms with Crippen molar-refractivity contribution in [3.05, 3.63) is 36.2 Å². The second kappa shape index (κ2) is 5.65. The van der Waals surface area contributed by atoms with Crippen LogP contribution in [0.3, 0.4) is 0 Å². The molecule has 1 aromatic carbocycles. The number of likely N-dealkylation sites (tertiary alicyclic amines) is 1. The monoisotopic (exact) mass is 299 g/mol. The Bertz CT molecular complexity index is 699. The third-order valence-electron chi connectivity index (χ3n) is 4.37. The Hall–Kier alpha value is -2.01. The Balaban J connectivity index is 1.84. The van der Waals surface area contributed by atoms with Gasteiger partial charge in [0.1, 0.15) is 5.69 Å². The minimum absolute atomic E-state index is 0.0547. The number of fused-ring (bicyclic) bond motifs is 1. The van der Waals surface area contributed by atoms with Crippen molar-refractivity contribution in [3.8, 4) is 0 Å². The van der Waals surface area contributed by atoms with Gasteiger partial charge in [-0.25, -0.2) is 4.98 Å². The molecule has 5 nitrogen and oxygen atoms in total. The summed E-state index contributed by atoms with van der Waals surface area (Å²) in [6.45, 7) is 5.62. The first-order chi connectivity index (χ1) is 10.5. The van der Waals surface area contributed by atoms with E-state index in [2.05, 4.69) is 23.8 Å². The first kappa shape index (κ1) is 14.9. The van der Waals surface area contributed by atoms with E-state index in [0.29, 0.717) is 18.8 Å². The van der Waals surface area contributed by atoms with Crippen molar-refractivity contribution in [2.24, 2.45) is 5.41 Å². The average Bonchev–Trinajstić information content (AvgIpc) is 2.52. The second-order valence-corrected chi connectivity index (χ2v) is 6.47. The molecule has 1 aromatic heterocycles. The Labute approximate surface area is 130 Å². The number of nitrogens with zero attached hydrogens (tertiary/aromatic N) is 3. The van der Waals surface area contributed by atoms with Gasteiger partial charge in [0, 0.05) is 25.6 Å². The molecule has 0 saturated carbocycles. The summed E-state index contributed by atoms with van der Waals surface area (Å²) in [4.78, 5) is 23.3. The first-order valence-electron chi connectivity index (χ1n) is 7.55. The minimum Gasteiger partial charge on any atom is -0.381 e. The van der Waals surface area contributed by atoms with Crippen LogP contribution in [-0.2, 0) is 4.74 Å². The van der Waals surface area contributed by atoms with Gasteiger partial charge in [-0.15, -0.1) is 0 Å². The number of methoxy groups -OCH3 is 1. The zero-order valence-corrected chi connectivity index (χ0v) is 13.2. The van der Waals surface area contributed by atoms with Gasteiger partial charge < -0.3 is 9.64 Å². The van der Waals surface area contributed by atoms with E-state index in [1.54, 1.807) is 13.3 Å². The number of benzene rings is 1. The van der Waals surface area contributed by atoms with E-state index in [9.17, 15) is 4.79 Å². The number of hydrogen-bond donors (Lipinski definition) is 0. The molecule has 1 unspecified atom stereocenters. The second-order valence-electron chi connectivity index (χ2n) is 6.47. The lowest BCUT2D eigenvalue weighted by molar-refractivity contribution is -0.0444. The van der Waals surface area contributed by atoms with Crippen LogP contribution in [0.5, 0.6) is 0 Å². The highest BCUT2D eigenvalue weighted by molar-refractivity contribution is 5.93. The van der Waals surface area contributed by atoms with Gasteiger partial charge in [0.05, 0.1) is 23.3 Å². The topological polar surface area (TPSA) is 55.3 Å². The fraction of sp³-hybridized carbons (Fsp3) is 0.471. The smallest absolute Gasteiger partial charge is 0.274 e. The highest BCUT2D eigenvalue weighted by atomic mass is 16.5. The number of aromatic nitrogens is 2. The highest BCUT2D eigenvalue weighted by Gasteiger charge is 2.38. The van der Waals surface area contributed by atoms with Gasteiger partial charge in [0.2, 0.25) is 0 Å². The normalized spacial score (nSPS) is 21.0. The quantitative estimate of drug-likeness (QED) is 0.855. The number of hydrogen-bond acceptors (Lipinski definition) is 4.